The first kappa shape index (κ1) is 23.9. The normalized spacial score (nSPS) is 16.0. The predicted octanol–water partition coefficient (Wildman–Crippen LogP) is 5.06. The van der Waals surface area contributed by atoms with E-state index < -0.39 is 5.91 Å². The number of fused-ring (bicyclic) bond motifs is 1. The van der Waals surface area contributed by atoms with Crippen molar-refractivity contribution in [1.82, 2.24) is 0 Å². The molecule has 3 N–H and O–H groups in total. The Labute approximate surface area is 193 Å². The van der Waals surface area contributed by atoms with Gasteiger partial charge in [-0.05, 0) is 59.9 Å². The smallest absolute Gasteiger partial charge is 0.251 e. The van der Waals surface area contributed by atoms with Crippen molar-refractivity contribution in [3.8, 4) is 11.5 Å². The SMILES string of the molecule is CCC(C)(C)C1CCc2c(sc(NC(=O)/C=C/c3ccc(OC)c(OC)c3)c2C(N)=O)C1. The number of thiophene rings is 1. The van der Waals surface area contributed by atoms with Crippen LogP contribution in [0.3, 0.4) is 0 Å². The van der Waals surface area contributed by atoms with Crippen molar-refractivity contribution in [1.29, 1.82) is 0 Å². The van der Waals surface area contributed by atoms with Crippen LogP contribution in [-0.2, 0) is 17.6 Å². The molecule has 172 valence electrons. The van der Waals surface area contributed by atoms with Gasteiger partial charge in [0.2, 0.25) is 5.91 Å². The number of ether oxygens (including phenoxy) is 2. The molecule has 0 saturated carbocycles. The summed E-state index contributed by atoms with van der Waals surface area (Å²) >= 11 is 1.48. The second-order valence-electron chi connectivity index (χ2n) is 8.79. The highest BCUT2D eigenvalue weighted by molar-refractivity contribution is 7.17. The molecule has 32 heavy (non-hydrogen) atoms. The molecule has 1 aromatic heterocycles. The number of carbonyl (C=O) groups excluding carboxylic acids is 2. The van der Waals surface area contributed by atoms with E-state index in [0.29, 0.717) is 28.0 Å². The van der Waals surface area contributed by atoms with Gasteiger partial charge in [0.05, 0.1) is 19.8 Å². The highest BCUT2D eigenvalue weighted by Crippen LogP contribution is 2.45. The van der Waals surface area contributed by atoms with E-state index >= 15 is 0 Å². The fraction of sp³-hybridized carbons (Fsp3) is 0.440. The van der Waals surface area contributed by atoms with Crippen LogP contribution in [-0.4, -0.2) is 26.0 Å². The summed E-state index contributed by atoms with van der Waals surface area (Å²) in [5.74, 6) is 0.949. The molecule has 7 heteroatoms. The maximum absolute atomic E-state index is 12.6. The Morgan fingerprint density at radius 1 is 1.25 bits per heavy atom. The largest absolute Gasteiger partial charge is 0.493 e. The Morgan fingerprint density at radius 3 is 2.59 bits per heavy atom. The van der Waals surface area contributed by atoms with Crippen LogP contribution in [0.2, 0.25) is 0 Å². The van der Waals surface area contributed by atoms with Gasteiger partial charge in [0.1, 0.15) is 5.00 Å². The van der Waals surface area contributed by atoms with E-state index in [-0.39, 0.29) is 11.3 Å². The Balaban J connectivity index is 1.80. The van der Waals surface area contributed by atoms with Crippen molar-refractivity contribution in [2.75, 3.05) is 19.5 Å². The molecule has 6 nitrogen and oxygen atoms in total. The Hall–Kier alpha value is -2.80. The first-order valence-electron chi connectivity index (χ1n) is 10.9. The second kappa shape index (κ2) is 9.77. The molecule has 2 amide bonds. The number of nitrogens with one attached hydrogen (secondary N) is 1. The number of rotatable bonds is 8. The van der Waals surface area contributed by atoms with Gasteiger partial charge in [-0.15, -0.1) is 11.3 Å². The number of nitrogens with two attached hydrogens (primary N) is 1. The number of benzene rings is 1. The third-order valence-electron chi connectivity index (χ3n) is 6.60. The summed E-state index contributed by atoms with van der Waals surface area (Å²) in [4.78, 5) is 26.0. The van der Waals surface area contributed by atoms with E-state index in [1.54, 1.807) is 32.4 Å². The lowest BCUT2D eigenvalue weighted by Gasteiger charge is -2.36. The van der Waals surface area contributed by atoms with E-state index in [2.05, 4.69) is 26.1 Å². The van der Waals surface area contributed by atoms with Crippen LogP contribution in [0.25, 0.3) is 6.08 Å². The maximum atomic E-state index is 12.6. The van der Waals surface area contributed by atoms with Crippen LogP contribution in [0.5, 0.6) is 11.5 Å². The molecular weight excluding hydrogens is 424 g/mol. The van der Waals surface area contributed by atoms with Crippen molar-refractivity contribution in [3.05, 3.63) is 45.8 Å². The van der Waals surface area contributed by atoms with Crippen LogP contribution in [0.4, 0.5) is 5.00 Å². The van der Waals surface area contributed by atoms with Crippen molar-refractivity contribution in [2.45, 2.75) is 46.5 Å². The zero-order chi connectivity index (χ0) is 23.5. The van der Waals surface area contributed by atoms with Crippen molar-refractivity contribution < 1.29 is 19.1 Å². The van der Waals surface area contributed by atoms with E-state index in [9.17, 15) is 9.59 Å². The lowest BCUT2D eigenvalue weighted by molar-refractivity contribution is -0.111. The van der Waals surface area contributed by atoms with Crippen LogP contribution >= 0.6 is 11.3 Å². The zero-order valence-corrected chi connectivity index (χ0v) is 20.2. The van der Waals surface area contributed by atoms with Gasteiger partial charge < -0.3 is 20.5 Å². The molecule has 0 spiro atoms. The number of hydrogen-bond donors (Lipinski definition) is 2. The minimum Gasteiger partial charge on any atom is -0.493 e. The highest BCUT2D eigenvalue weighted by atomic mass is 32.1. The highest BCUT2D eigenvalue weighted by Gasteiger charge is 2.34. The predicted molar refractivity (Wildman–Crippen MR) is 130 cm³/mol. The average Bonchev–Trinajstić information content (AvgIpc) is 3.14. The Bertz CT molecular complexity index is 1040. The maximum Gasteiger partial charge on any atom is 0.251 e. The topological polar surface area (TPSA) is 90.7 Å². The number of hydrogen-bond acceptors (Lipinski definition) is 5. The summed E-state index contributed by atoms with van der Waals surface area (Å²) < 4.78 is 10.5. The molecule has 0 aliphatic heterocycles. The van der Waals surface area contributed by atoms with Gasteiger partial charge in [0.15, 0.2) is 11.5 Å². The fourth-order valence-corrected chi connectivity index (χ4v) is 5.51. The van der Waals surface area contributed by atoms with Crippen molar-refractivity contribution >= 4 is 34.2 Å². The van der Waals surface area contributed by atoms with Crippen molar-refractivity contribution in [3.63, 3.8) is 0 Å². The monoisotopic (exact) mass is 456 g/mol. The van der Waals surface area contributed by atoms with Gasteiger partial charge in [-0.2, -0.15) is 0 Å². The number of methoxy groups -OCH3 is 2. The Morgan fingerprint density at radius 2 is 1.97 bits per heavy atom. The minimum absolute atomic E-state index is 0.236. The van der Waals surface area contributed by atoms with E-state index in [0.717, 1.165) is 41.7 Å². The number of carbonyl (C=O) groups is 2. The first-order chi connectivity index (χ1) is 15.2. The van der Waals surface area contributed by atoms with Gasteiger partial charge >= 0.3 is 0 Å². The quantitative estimate of drug-likeness (QED) is 0.544. The van der Waals surface area contributed by atoms with Crippen LogP contribution in [0, 0.1) is 11.3 Å². The van der Waals surface area contributed by atoms with E-state index in [1.807, 2.05) is 6.07 Å². The van der Waals surface area contributed by atoms with Crippen LogP contribution in [0.15, 0.2) is 24.3 Å². The molecule has 3 rings (SSSR count). The lowest BCUT2D eigenvalue weighted by atomic mass is 9.69. The van der Waals surface area contributed by atoms with E-state index in [1.165, 1.54) is 17.4 Å². The third kappa shape index (κ3) is 4.99. The molecule has 1 aliphatic rings. The first-order valence-corrected chi connectivity index (χ1v) is 11.7. The summed E-state index contributed by atoms with van der Waals surface area (Å²) in [6.45, 7) is 6.81. The molecule has 1 unspecified atom stereocenters. The van der Waals surface area contributed by atoms with Gasteiger partial charge in [0, 0.05) is 11.0 Å². The number of primary amides is 1. The summed E-state index contributed by atoms with van der Waals surface area (Å²) in [5, 5.41) is 3.42. The third-order valence-corrected chi connectivity index (χ3v) is 7.77. The molecule has 0 fully saturated rings. The molecule has 1 atom stereocenters. The average molecular weight is 457 g/mol. The summed E-state index contributed by atoms with van der Waals surface area (Å²) in [7, 11) is 3.14. The molecule has 1 aliphatic carbocycles. The zero-order valence-electron chi connectivity index (χ0n) is 19.4. The summed E-state index contributed by atoms with van der Waals surface area (Å²) in [5.41, 5.74) is 8.20. The van der Waals surface area contributed by atoms with Gasteiger partial charge in [-0.3, -0.25) is 9.59 Å². The molecular formula is C25H32N2O4S. The lowest BCUT2D eigenvalue weighted by Crippen LogP contribution is -2.29. The number of anilines is 1. The van der Waals surface area contributed by atoms with Crippen LogP contribution in [0.1, 0.15) is 60.0 Å². The van der Waals surface area contributed by atoms with Gasteiger partial charge in [-0.1, -0.05) is 33.3 Å². The van der Waals surface area contributed by atoms with Gasteiger partial charge in [0.25, 0.3) is 5.91 Å². The molecule has 0 saturated heterocycles. The van der Waals surface area contributed by atoms with Crippen LogP contribution < -0.4 is 20.5 Å². The molecule has 0 bridgehead atoms. The summed E-state index contributed by atoms with van der Waals surface area (Å²) in [6.07, 6.45) is 6.99. The molecule has 0 radical (unpaired) electrons. The molecule has 1 heterocycles. The molecule has 1 aromatic carbocycles. The second-order valence-corrected chi connectivity index (χ2v) is 9.90. The fourth-order valence-electron chi connectivity index (χ4n) is 4.17. The van der Waals surface area contributed by atoms with Gasteiger partial charge in [-0.25, -0.2) is 0 Å². The van der Waals surface area contributed by atoms with E-state index in [4.69, 9.17) is 15.2 Å². The number of amides is 2. The minimum atomic E-state index is -0.491. The summed E-state index contributed by atoms with van der Waals surface area (Å²) in [6, 6.07) is 5.40. The van der Waals surface area contributed by atoms with Crippen molar-refractivity contribution in [2.24, 2.45) is 17.1 Å². The molecule has 2 aromatic rings. The Kier molecular flexibility index (Phi) is 7.29. The standard InChI is InChI=1S/C25H32N2O4S/c1-6-25(2,3)16-9-10-17-20(14-16)32-24(22(17)23(26)29)27-21(28)12-8-15-7-11-18(30-4)19(13-15)31-5/h7-8,11-13,16H,6,9-10,14H2,1-5H3,(H2,26,29)(H,27,28)/b12-8+.